The molecule has 1 saturated heterocycles. The van der Waals surface area contributed by atoms with Gasteiger partial charge in [0.25, 0.3) is 15.9 Å². The molecule has 1 unspecified atom stereocenters. The molecule has 2 aliphatic heterocycles. The molecular weight excluding hydrogens is 641 g/mol. The molecule has 0 bridgehead atoms. The van der Waals surface area contributed by atoms with Crippen LogP contribution in [0.4, 0.5) is 11.4 Å². The normalized spacial score (nSPS) is 17.9. The second-order valence-electron chi connectivity index (χ2n) is 11.6. The number of anilines is 2. The number of carbonyl (C=O) groups excluding carboxylic acids is 1. The van der Waals surface area contributed by atoms with Crippen LogP contribution < -0.4 is 18.7 Å². The van der Waals surface area contributed by atoms with Gasteiger partial charge < -0.3 is 14.4 Å². The third-order valence-corrected chi connectivity index (χ3v) is 10.8. The summed E-state index contributed by atoms with van der Waals surface area (Å²) in [4.78, 5) is 28.3. The van der Waals surface area contributed by atoms with Crippen molar-refractivity contribution in [3.63, 3.8) is 0 Å². The molecule has 1 atom stereocenters. The lowest BCUT2D eigenvalue weighted by Crippen LogP contribution is -2.60. The number of fused-ring (bicyclic) bond motifs is 2. The van der Waals surface area contributed by atoms with Gasteiger partial charge in [-0.3, -0.25) is 14.7 Å². The molecular formula is C37H34N6O5S. The molecule has 7 rings (SSSR count). The summed E-state index contributed by atoms with van der Waals surface area (Å²) in [7, 11) is -4.51. The van der Waals surface area contributed by atoms with Crippen LogP contribution in [-0.2, 0) is 20.4 Å². The van der Waals surface area contributed by atoms with Crippen molar-refractivity contribution in [3.8, 4) is 17.7 Å². The monoisotopic (exact) mass is 674 g/mol. The highest BCUT2D eigenvalue weighted by atomic mass is 32.2. The van der Waals surface area contributed by atoms with Crippen molar-refractivity contribution in [2.45, 2.75) is 24.3 Å². The third-order valence-electron chi connectivity index (χ3n) is 9.05. The Morgan fingerprint density at radius 3 is 2.39 bits per heavy atom. The van der Waals surface area contributed by atoms with Crippen LogP contribution in [0.2, 0.25) is 0 Å². The van der Waals surface area contributed by atoms with Crippen molar-refractivity contribution in [1.82, 2.24) is 14.9 Å². The lowest BCUT2D eigenvalue weighted by Gasteiger charge is -2.46. The van der Waals surface area contributed by atoms with Gasteiger partial charge in [-0.25, -0.2) is 17.7 Å². The van der Waals surface area contributed by atoms with Crippen molar-refractivity contribution in [3.05, 3.63) is 114 Å². The number of piperazine rings is 1. The number of sulfonamides is 1. The van der Waals surface area contributed by atoms with Crippen molar-refractivity contribution in [1.29, 1.82) is 5.26 Å². The second-order valence-corrected chi connectivity index (χ2v) is 13.4. The van der Waals surface area contributed by atoms with E-state index in [2.05, 4.69) is 20.9 Å². The molecule has 2 aromatic heterocycles. The lowest BCUT2D eigenvalue weighted by atomic mass is 9.80. The number of aromatic nitrogens is 2. The summed E-state index contributed by atoms with van der Waals surface area (Å²) in [6.45, 7) is 6.40. The SMILES string of the molecule is CCOc1cc(N2CCN(C3(c4ccccc4OCC)C(=O)N(S(=O)(=O)c4cccc5cccnc45)c4ccc(C#N)cc43)CC2)ccn1. The zero-order valence-corrected chi connectivity index (χ0v) is 27.9. The first kappa shape index (κ1) is 32.1. The van der Waals surface area contributed by atoms with Gasteiger partial charge >= 0.3 is 0 Å². The molecule has 12 heteroatoms. The summed E-state index contributed by atoms with van der Waals surface area (Å²) in [6, 6.07) is 26.4. The molecule has 0 aliphatic carbocycles. The molecule has 1 fully saturated rings. The third kappa shape index (κ3) is 5.22. The lowest BCUT2D eigenvalue weighted by molar-refractivity contribution is -0.127. The Labute approximate surface area is 285 Å². The summed E-state index contributed by atoms with van der Waals surface area (Å²) in [6.07, 6.45) is 3.24. The fraction of sp³-hybridized carbons (Fsp3) is 0.243. The number of benzene rings is 3. The second kappa shape index (κ2) is 12.8. The largest absolute Gasteiger partial charge is 0.493 e. The van der Waals surface area contributed by atoms with Crippen molar-refractivity contribution < 1.29 is 22.7 Å². The van der Waals surface area contributed by atoms with Crippen molar-refractivity contribution >= 4 is 38.2 Å². The molecule has 3 aromatic carbocycles. The van der Waals surface area contributed by atoms with Crippen LogP contribution in [0.1, 0.15) is 30.5 Å². The topological polar surface area (TPSA) is 129 Å². The van der Waals surface area contributed by atoms with Gasteiger partial charge in [0, 0.05) is 66.8 Å². The van der Waals surface area contributed by atoms with Gasteiger partial charge in [0.2, 0.25) is 5.88 Å². The van der Waals surface area contributed by atoms with E-state index in [9.17, 15) is 13.7 Å². The van der Waals surface area contributed by atoms with E-state index >= 15 is 4.79 Å². The van der Waals surface area contributed by atoms with Crippen LogP contribution in [-0.4, -0.2) is 68.6 Å². The Kier molecular flexibility index (Phi) is 8.40. The number of nitriles is 1. The van der Waals surface area contributed by atoms with Gasteiger partial charge in [0.05, 0.1) is 36.1 Å². The molecule has 5 aromatic rings. The number of rotatable bonds is 9. The molecule has 248 valence electrons. The number of hydrogen-bond donors (Lipinski definition) is 0. The standard InChI is InChI=1S/C37H34N6O5S/c1-3-47-32-12-6-5-11-29(32)37(42-21-19-41(20-22-42)28-16-18-39-34(24-28)48-4-2)30-23-26(25-38)14-15-31(30)43(36(37)44)49(45,46)33-13-7-9-27-10-8-17-40-35(27)33/h5-18,23-24H,3-4,19-22H2,1-2H3. The molecule has 0 saturated carbocycles. The molecule has 0 spiro atoms. The fourth-order valence-corrected chi connectivity index (χ4v) is 8.60. The summed E-state index contributed by atoms with van der Waals surface area (Å²) in [5, 5.41) is 10.7. The molecule has 1 amide bonds. The Hall–Kier alpha value is -5.51. The van der Waals surface area contributed by atoms with E-state index in [1.165, 1.54) is 18.3 Å². The van der Waals surface area contributed by atoms with Crippen LogP contribution in [0, 0.1) is 11.3 Å². The van der Waals surface area contributed by atoms with Crippen LogP contribution in [0.5, 0.6) is 11.6 Å². The predicted molar refractivity (Wildman–Crippen MR) is 185 cm³/mol. The van der Waals surface area contributed by atoms with Crippen LogP contribution in [0.25, 0.3) is 10.9 Å². The summed E-state index contributed by atoms with van der Waals surface area (Å²) in [5.41, 5.74) is 0.937. The first-order valence-corrected chi connectivity index (χ1v) is 17.6. The fourth-order valence-electron chi connectivity index (χ4n) is 6.97. The van der Waals surface area contributed by atoms with Gasteiger partial charge in [0.1, 0.15) is 10.6 Å². The highest BCUT2D eigenvalue weighted by Gasteiger charge is 2.60. The summed E-state index contributed by atoms with van der Waals surface area (Å²) in [5.74, 6) is 0.307. The van der Waals surface area contributed by atoms with E-state index in [0.717, 1.165) is 9.99 Å². The smallest absolute Gasteiger partial charge is 0.273 e. The first-order valence-electron chi connectivity index (χ1n) is 16.1. The quantitative estimate of drug-likeness (QED) is 0.208. The number of ether oxygens (including phenoxy) is 2. The predicted octanol–water partition coefficient (Wildman–Crippen LogP) is 5.10. The van der Waals surface area contributed by atoms with Gasteiger partial charge in [0.15, 0.2) is 5.54 Å². The van der Waals surface area contributed by atoms with E-state index in [1.54, 1.807) is 48.7 Å². The van der Waals surface area contributed by atoms with Gasteiger partial charge in [-0.2, -0.15) is 5.26 Å². The number of hydrogen-bond acceptors (Lipinski definition) is 10. The molecule has 2 aliphatic rings. The number of pyridine rings is 2. The van der Waals surface area contributed by atoms with E-state index in [-0.39, 0.29) is 16.1 Å². The number of carbonyl (C=O) groups is 1. The van der Waals surface area contributed by atoms with Gasteiger partial charge in [-0.05, 0) is 56.3 Å². The first-order chi connectivity index (χ1) is 23.8. The average molecular weight is 675 g/mol. The van der Waals surface area contributed by atoms with Crippen molar-refractivity contribution in [2.75, 3.05) is 48.6 Å². The van der Waals surface area contributed by atoms with E-state index in [1.807, 2.05) is 49.1 Å². The molecule has 0 N–H and O–H groups in total. The number of amides is 1. The van der Waals surface area contributed by atoms with Crippen molar-refractivity contribution in [2.24, 2.45) is 0 Å². The van der Waals surface area contributed by atoms with Gasteiger partial charge in [-0.15, -0.1) is 0 Å². The van der Waals surface area contributed by atoms with E-state index in [0.29, 0.717) is 73.1 Å². The minimum Gasteiger partial charge on any atom is -0.493 e. The zero-order valence-electron chi connectivity index (χ0n) is 27.1. The molecule has 0 radical (unpaired) electrons. The molecule has 4 heterocycles. The maximum absolute atomic E-state index is 15.5. The number of nitrogens with zero attached hydrogens (tertiary/aromatic N) is 6. The summed E-state index contributed by atoms with van der Waals surface area (Å²) < 4.78 is 42.3. The minimum atomic E-state index is -4.51. The average Bonchev–Trinajstić information content (AvgIpc) is 3.40. The maximum atomic E-state index is 15.5. The van der Waals surface area contributed by atoms with Crippen LogP contribution in [0.3, 0.4) is 0 Å². The highest BCUT2D eigenvalue weighted by Crippen LogP contribution is 2.53. The minimum absolute atomic E-state index is 0.0873. The Morgan fingerprint density at radius 1 is 0.837 bits per heavy atom. The maximum Gasteiger partial charge on any atom is 0.273 e. The van der Waals surface area contributed by atoms with E-state index < -0.39 is 21.5 Å². The Morgan fingerprint density at radius 2 is 1.61 bits per heavy atom. The Bertz CT molecular complexity index is 2210. The molecule has 11 nitrogen and oxygen atoms in total. The van der Waals surface area contributed by atoms with Gasteiger partial charge in [-0.1, -0.05) is 36.4 Å². The number of para-hydroxylation sites is 2. The summed E-state index contributed by atoms with van der Waals surface area (Å²) >= 11 is 0. The Balaban J connectivity index is 1.41. The molecule has 49 heavy (non-hydrogen) atoms. The van der Waals surface area contributed by atoms with E-state index in [4.69, 9.17) is 9.47 Å². The van der Waals surface area contributed by atoms with Crippen LogP contribution >= 0.6 is 0 Å². The van der Waals surface area contributed by atoms with Crippen LogP contribution in [0.15, 0.2) is 102 Å². The highest BCUT2D eigenvalue weighted by molar-refractivity contribution is 7.93. The zero-order chi connectivity index (χ0) is 34.2.